The summed E-state index contributed by atoms with van der Waals surface area (Å²) in [5.41, 5.74) is 1.04. The molecular formula is C8H15N3S2. The number of hydrogen-bond acceptors (Lipinski definition) is 5. The van der Waals surface area contributed by atoms with Gasteiger partial charge in [0.05, 0.1) is 5.69 Å². The van der Waals surface area contributed by atoms with Gasteiger partial charge < -0.3 is 5.32 Å². The van der Waals surface area contributed by atoms with Crippen molar-refractivity contribution >= 4 is 23.3 Å². The molecule has 0 saturated carbocycles. The van der Waals surface area contributed by atoms with Crippen molar-refractivity contribution in [1.29, 1.82) is 0 Å². The van der Waals surface area contributed by atoms with Gasteiger partial charge in [0.2, 0.25) is 0 Å². The maximum atomic E-state index is 3.96. The van der Waals surface area contributed by atoms with E-state index in [0.717, 1.165) is 24.7 Å². The highest BCUT2D eigenvalue weighted by atomic mass is 32.2. The quantitative estimate of drug-likeness (QED) is 0.786. The highest BCUT2D eigenvalue weighted by molar-refractivity contribution is 7.98. The normalized spacial score (nSPS) is 13.1. The molecule has 0 spiro atoms. The van der Waals surface area contributed by atoms with Gasteiger partial charge in [-0.1, -0.05) is 11.4 Å². The van der Waals surface area contributed by atoms with Gasteiger partial charge in [0.1, 0.15) is 0 Å². The van der Waals surface area contributed by atoms with Gasteiger partial charge in [-0.3, -0.25) is 0 Å². The first kappa shape index (κ1) is 10.9. The van der Waals surface area contributed by atoms with Crippen molar-refractivity contribution in [2.45, 2.75) is 13.5 Å². The molecule has 1 heterocycles. The minimum atomic E-state index is 0.724. The third kappa shape index (κ3) is 4.59. The molecular weight excluding hydrogens is 202 g/mol. The Balaban J connectivity index is 2.07. The van der Waals surface area contributed by atoms with Crippen molar-refractivity contribution in [2.24, 2.45) is 5.92 Å². The van der Waals surface area contributed by atoms with Gasteiger partial charge in [-0.2, -0.15) is 11.8 Å². The van der Waals surface area contributed by atoms with Crippen molar-refractivity contribution in [3.63, 3.8) is 0 Å². The fourth-order valence-electron chi connectivity index (χ4n) is 1.05. The summed E-state index contributed by atoms with van der Waals surface area (Å²) >= 11 is 3.30. The molecule has 5 heteroatoms. The monoisotopic (exact) mass is 217 g/mol. The Kier molecular flexibility index (Phi) is 5.34. The molecule has 1 atom stereocenters. The van der Waals surface area contributed by atoms with E-state index in [-0.39, 0.29) is 0 Å². The van der Waals surface area contributed by atoms with Crippen LogP contribution in [0.25, 0.3) is 0 Å². The topological polar surface area (TPSA) is 37.8 Å². The van der Waals surface area contributed by atoms with Crippen molar-refractivity contribution < 1.29 is 0 Å². The highest BCUT2D eigenvalue weighted by Gasteiger charge is 2.00. The second-order valence-electron chi connectivity index (χ2n) is 3.09. The van der Waals surface area contributed by atoms with E-state index in [2.05, 4.69) is 28.1 Å². The lowest BCUT2D eigenvalue weighted by Crippen LogP contribution is -2.22. The SMILES string of the molecule is CSCC(C)CNCc1csnn1. The standard InChI is InChI=1S/C8H15N3S2/c1-7(5-12-2)3-9-4-8-6-13-11-10-8/h6-7,9H,3-5H2,1-2H3. The van der Waals surface area contributed by atoms with Crippen LogP contribution < -0.4 is 5.32 Å². The Morgan fingerprint density at radius 2 is 2.54 bits per heavy atom. The van der Waals surface area contributed by atoms with Gasteiger partial charge in [0.15, 0.2) is 0 Å². The second kappa shape index (κ2) is 6.34. The largest absolute Gasteiger partial charge is 0.311 e. The zero-order valence-electron chi connectivity index (χ0n) is 7.99. The molecule has 13 heavy (non-hydrogen) atoms. The first-order valence-corrected chi connectivity index (χ1v) is 6.51. The molecule has 1 unspecified atom stereocenters. The number of aromatic nitrogens is 2. The Labute approximate surface area is 87.5 Å². The number of nitrogens with zero attached hydrogens (tertiary/aromatic N) is 2. The maximum absolute atomic E-state index is 3.96. The molecule has 0 aliphatic carbocycles. The van der Waals surface area contributed by atoms with Gasteiger partial charge in [0.25, 0.3) is 0 Å². The van der Waals surface area contributed by atoms with E-state index in [0.29, 0.717) is 0 Å². The number of thioether (sulfide) groups is 1. The van der Waals surface area contributed by atoms with Gasteiger partial charge in [-0.25, -0.2) is 0 Å². The first-order chi connectivity index (χ1) is 6.33. The lowest BCUT2D eigenvalue weighted by atomic mass is 10.2. The lowest BCUT2D eigenvalue weighted by molar-refractivity contribution is 0.554. The smallest absolute Gasteiger partial charge is 0.0893 e. The Bertz CT molecular complexity index is 213. The van der Waals surface area contributed by atoms with Crippen LogP contribution in [0.15, 0.2) is 5.38 Å². The summed E-state index contributed by atoms with van der Waals surface area (Å²) in [6.07, 6.45) is 2.14. The van der Waals surface area contributed by atoms with Gasteiger partial charge >= 0.3 is 0 Å². The summed E-state index contributed by atoms with van der Waals surface area (Å²) in [5.74, 6) is 1.93. The van der Waals surface area contributed by atoms with Crippen LogP contribution in [-0.2, 0) is 6.54 Å². The van der Waals surface area contributed by atoms with E-state index >= 15 is 0 Å². The zero-order valence-corrected chi connectivity index (χ0v) is 9.62. The lowest BCUT2D eigenvalue weighted by Gasteiger charge is -2.09. The van der Waals surface area contributed by atoms with E-state index in [9.17, 15) is 0 Å². The van der Waals surface area contributed by atoms with E-state index < -0.39 is 0 Å². The highest BCUT2D eigenvalue weighted by Crippen LogP contribution is 2.03. The minimum Gasteiger partial charge on any atom is -0.311 e. The Morgan fingerprint density at radius 1 is 1.69 bits per heavy atom. The molecule has 1 N–H and O–H groups in total. The molecule has 1 aromatic heterocycles. The summed E-state index contributed by atoms with van der Waals surface area (Å²) < 4.78 is 3.80. The molecule has 0 aliphatic rings. The average molecular weight is 217 g/mol. The van der Waals surface area contributed by atoms with Gasteiger partial charge in [-0.15, -0.1) is 5.10 Å². The minimum absolute atomic E-state index is 0.724. The van der Waals surface area contributed by atoms with Crippen LogP contribution >= 0.6 is 23.3 Å². The Hall–Kier alpha value is -0.130. The Morgan fingerprint density at radius 3 is 3.15 bits per heavy atom. The molecule has 0 aromatic carbocycles. The predicted octanol–water partition coefficient (Wildman–Crippen LogP) is 1.63. The molecule has 0 amide bonds. The average Bonchev–Trinajstić information content (AvgIpc) is 2.57. The fraction of sp³-hybridized carbons (Fsp3) is 0.750. The van der Waals surface area contributed by atoms with E-state index in [1.807, 2.05) is 17.1 Å². The molecule has 74 valence electrons. The fourth-order valence-corrected chi connectivity index (χ4v) is 2.19. The molecule has 1 aromatic rings. The van der Waals surface area contributed by atoms with Crippen LogP contribution in [0.1, 0.15) is 12.6 Å². The summed E-state index contributed by atoms with van der Waals surface area (Å²) in [5, 5.41) is 9.30. The third-order valence-corrected chi connectivity index (χ3v) is 3.11. The molecule has 0 bridgehead atoms. The summed E-state index contributed by atoms with van der Waals surface area (Å²) in [4.78, 5) is 0. The van der Waals surface area contributed by atoms with E-state index in [4.69, 9.17) is 0 Å². The molecule has 0 aliphatic heterocycles. The summed E-state index contributed by atoms with van der Waals surface area (Å²) in [6, 6.07) is 0. The van der Waals surface area contributed by atoms with Gasteiger partial charge in [0, 0.05) is 11.9 Å². The predicted molar refractivity (Wildman–Crippen MR) is 59.2 cm³/mol. The van der Waals surface area contributed by atoms with Crippen LogP contribution in [0.3, 0.4) is 0 Å². The molecule has 3 nitrogen and oxygen atoms in total. The van der Waals surface area contributed by atoms with E-state index in [1.54, 1.807) is 0 Å². The van der Waals surface area contributed by atoms with E-state index in [1.165, 1.54) is 17.3 Å². The summed E-state index contributed by atoms with van der Waals surface area (Å²) in [6.45, 7) is 4.15. The van der Waals surface area contributed by atoms with Crippen molar-refractivity contribution in [1.82, 2.24) is 14.9 Å². The van der Waals surface area contributed by atoms with Crippen LogP contribution in [0.2, 0.25) is 0 Å². The zero-order chi connectivity index (χ0) is 9.52. The molecule has 0 fully saturated rings. The van der Waals surface area contributed by atoms with Crippen molar-refractivity contribution in [3.8, 4) is 0 Å². The van der Waals surface area contributed by atoms with Crippen LogP contribution in [0.4, 0.5) is 0 Å². The first-order valence-electron chi connectivity index (χ1n) is 4.28. The van der Waals surface area contributed by atoms with Crippen molar-refractivity contribution in [2.75, 3.05) is 18.6 Å². The van der Waals surface area contributed by atoms with Crippen LogP contribution in [0.5, 0.6) is 0 Å². The second-order valence-corrected chi connectivity index (χ2v) is 4.61. The van der Waals surface area contributed by atoms with Gasteiger partial charge in [-0.05, 0) is 36.0 Å². The number of nitrogens with one attached hydrogen (secondary N) is 1. The maximum Gasteiger partial charge on any atom is 0.0893 e. The summed E-state index contributed by atoms with van der Waals surface area (Å²) in [7, 11) is 0. The molecule has 0 radical (unpaired) electrons. The molecule has 0 saturated heterocycles. The number of hydrogen-bond donors (Lipinski definition) is 1. The number of rotatable bonds is 6. The third-order valence-electron chi connectivity index (χ3n) is 1.66. The molecule has 1 rings (SSSR count). The van der Waals surface area contributed by atoms with Crippen molar-refractivity contribution in [3.05, 3.63) is 11.1 Å². The van der Waals surface area contributed by atoms with Crippen LogP contribution in [0, 0.1) is 5.92 Å². The van der Waals surface area contributed by atoms with Crippen LogP contribution in [-0.4, -0.2) is 28.1 Å².